The molecule has 5 heteroatoms. The predicted octanol–water partition coefficient (Wildman–Crippen LogP) is 3.16. The zero-order valence-corrected chi connectivity index (χ0v) is 18.0. The van der Waals surface area contributed by atoms with Crippen LogP contribution in [0.5, 0.6) is 0 Å². The summed E-state index contributed by atoms with van der Waals surface area (Å²) in [6, 6.07) is 10.7. The maximum absolute atomic E-state index is 5.68. The Morgan fingerprint density at radius 2 is 1.79 bits per heavy atom. The molecule has 2 aliphatic heterocycles. The standard InChI is InChI=1S/C23H38N4O/c1-4-24-21(25-18-22(2,3)20-10-6-5-7-11-20)26-19-23(12-16-28-17-13-23)27-14-8-9-15-27/h5-7,10-11H,4,8-9,12-19H2,1-3H3,(H2,24,25,26). The van der Waals surface area contributed by atoms with Crippen molar-refractivity contribution in [2.75, 3.05) is 45.9 Å². The molecule has 2 aliphatic rings. The fraction of sp³-hybridized carbons (Fsp3) is 0.696. The van der Waals surface area contributed by atoms with Crippen molar-refractivity contribution in [2.24, 2.45) is 4.99 Å². The van der Waals surface area contributed by atoms with E-state index in [1.165, 1.54) is 31.5 Å². The molecule has 0 radical (unpaired) electrons. The van der Waals surface area contributed by atoms with Gasteiger partial charge in [-0.05, 0) is 51.3 Å². The predicted molar refractivity (Wildman–Crippen MR) is 117 cm³/mol. The Bertz CT molecular complexity index is 617. The normalized spacial score (nSPS) is 20.9. The lowest BCUT2D eigenvalue weighted by Gasteiger charge is -2.45. The topological polar surface area (TPSA) is 48.9 Å². The summed E-state index contributed by atoms with van der Waals surface area (Å²) < 4.78 is 5.68. The van der Waals surface area contributed by atoms with Crippen molar-refractivity contribution >= 4 is 5.96 Å². The first-order valence-corrected chi connectivity index (χ1v) is 11.0. The summed E-state index contributed by atoms with van der Waals surface area (Å²) in [5, 5.41) is 7.12. The summed E-state index contributed by atoms with van der Waals surface area (Å²) in [7, 11) is 0. The van der Waals surface area contributed by atoms with E-state index in [2.05, 4.69) is 66.6 Å². The number of rotatable bonds is 7. The highest BCUT2D eigenvalue weighted by Crippen LogP contribution is 2.30. The molecule has 0 saturated carbocycles. The van der Waals surface area contributed by atoms with E-state index in [0.717, 1.165) is 51.6 Å². The number of nitrogens with zero attached hydrogens (tertiary/aromatic N) is 2. The van der Waals surface area contributed by atoms with Crippen LogP contribution in [0.4, 0.5) is 0 Å². The van der Waals surface area contributed by atoms with E-state index in [-0.39, 0.29) is 11.0 Å². The minimum absolute atomic E-state index is 0.00886. The molecule has 1 aromatic rings. The van der Waals surface area contributed by atoms with Gasteiger partial charge in [0.2, 0.25) is 0 Å². The lowest BCUT2D eigenvalue weighted by atomic mass is 9.85. The molecular weight excluding hydrogens is 348 g/mol. The van der Waals surface area contributed by atoms with Gasteiger partial charge in [0.15, 0.2) is 5.96 Å². The lowest BCUT2D eigenvalue weighted by molar-refractivity contribution is -0.0164. The van der Waals surface area contributed by atoms with Gasteiger partial charge in [-0.15, -0.1) is 0 Å². The van der Waals surface area contributed by atoms with E-state index in [9.17, 15) is 0 Å². The quantitative estimate of drug-likeness (QED) is 0.558. The Morgan fingerprint density at radius 3 is 2.43 bits per heavy atom. The summed E-state index contributed by atoms with van der Waals surface area (Å²) in [5.74, 6) is 0.927. The molecule has 3 rings (SSSR count). The summed E-state index contributed by atoms with van der Waals surface area (Å²) in [6.45, 7) is 13.4. The van der Waals surface area contributed by atoms with Crippen LogP contribution in [0.3, 0.4) is 0 Å². The van der Waals surface area contributed by atoms with E-state index < -0.39 is 0 Å². The monoisotopic (exact) mass is 386 g/mol. The highest BCUT2D eigenvalue weighted by molar-refractivity contribution is 5.79. The molecule has 2 fully saturated rings. The molecule has 0 amide bonds. The van der Waals surface area contributed by atoms with Crippen molar-refractivity contribution in [3.8, 4) is 0 Å². The Hall–Kier alpha value is -1.59. The molecule has 2 N–H and O–H groups in total. The average molecular weight is 387 g/mol. The second-order valence-electron chi connectivity index (χ2n) is 8.83. The molecule has 0 unspecified atom stereocenters. The van der Waals surface area contributed by atoms with Gasteiger partial charge in [0.25, 0.3) is 0 Å². The molecule has 2 saturated heterocycles. The van der Waals surface area contributed by atoms with E-state index in [1.54, 1.807) is 0 Å². The van der Waals surface area contributed by atoms with Crippen molar-refractivity contribution in [3.63, 3.8) is 0 Å². The molecule has 5 nitrogen and oxygen atoms in total. The van der Waals surface area contributed by atoms with Crippen LogP contribution in [0.2, 0.25) is 0 Å². The number of aliphatic imine (C=N–C) groups is 1. The first-order valence-electron chi connectivity index (χ1n) is 11.0. The van der Waals surface area contributed by atoms with Gasteiger partial charge in [0, 0.05) is 37.3 Å². The van der Waals surface area contributed by atoms with Gasteiger partial charge < -0.3 is 15.4 Å². The molecule has 28 heavy (non-hydrogen) atoms. The largest absolute Gasteiger partial charge is 0.381 e. The fourth-order valence-electron chi connectivity index (χ4n) is 4.39. The highest BCUT2D eigenvalue weighted by Gasteiger charge is 2.39. The molecule has 0 aliphatic carbocycles. The molecule has 1 aromatic carbocycles. The van der Waals surface area contributed by atoms with Gasteiger partial charge in [-0.25, -0.2) is 0 Å². The maximum Gasteiger partial charge on any atom is 0.191 e. The van der Waals surface area contributed by atoms with Gasteiger partial charge in [-0.2, -0.15) is 0 Å². The van der Waals surface area contributed by atoms with Crippen molar-refractivity contribution < 1.29 is 4.74 Å². The fourth-order valence-corrected chi connectivity index (χ4v) is 4.39. The number of hydrogen-bond donors (Lipinski definition) is 2. The summed E-state index contributed by atoms with van der Waals surface area (Å²) >= 11 is 0. The van der Waals surface area contributed by atoms with Crippen LogP contribution < -0.4 is 10.6 Å². The maximum atomic E-state index is 5.68. The molecular formula is C23H38N4O. The number of nitrogens with one attached hydrogen (secondary N) is 2. The SMILES string of the molecule is CCNC(=NCC(C)(C)c1ccccc1)NCC1(N2CCCC2)CCOCC1. The summed E-state index contributed by atoms with van der Waals surface area (Å²) in [6.07, 6.45) is 4.86. The van der Waals surface area contributed by atoms with Crippen LogP contribution in [0.25, 0.3) is 0 Å². The Labute approximate surface area is 170 Å². The highest BCUT2D eigenvalue weighted by atomic mass is 16.5. The van der Waals surface area contributed by atoms with Gasteiger partial charge >= 0.3 is 0 Å². The third-order valence-corrected chi connectivity index (χ3v) is 6.32. The Kier molecular flexibility index (Phi) is 7.36. The molecule has 0 aromatic heterocycles. The van der Waals surface area contributed by atoms with Crippen LogP contribution in [-0.4, -0.2) is 62.3 Å². The summed E-state index contributed by atoms with van der Waals surface area (Å²) in [5.41, 5.74) is 1.54. The molecule has 0 atom stereocenters. The van der Waals surface area contributed by atoms with Crippen molar-refractivity contribution in [2.45, 2.75) is 57.4 Å². The van der Waals surface area contributed by atoms with Crippen molar-refractivity contribution in [1.29, 1.82) is 0 Å². The van der Waals surface area contributed by atoms with Crippen molar-refractivity contribution in [1.82, 2.24) is 15.5 Å². The molecule has 0 bridgehead atoms. The first kappa shape index (κ1) is 21.1. The smallest absolute Gasteiger partial charge is 0.191 e. The Balaban J connectivity index is 1.66. The third-order valence-electron chi connectivity index (χ3n) is 6.32. The number of ether oxygens (including phenoxy) is 1. The minimum Gasteiger partial charge on any atom is -0.381 e. The van der Waals surface area contributed by atoms with Crippen LogP contribution in [0.1, 0.15) is 52.0 Å². The molecule has 0 spiro atoms. The summed E-state index contributed by atoms with van der Waals surface area (Å²) in [4.78, 5) is 7.64. The zero-order chi connectivity index (χ0) is 19.9. The van der Waals surface area contributed by atoms with Gasteiger partial charge in [0.1, 0.15) is 0 Å². The number of likely N-dealkylation sites (tertiary alicyclic amines) is 1. The van der Waals surface area contributed by atoms with E-state index in [4.69, 9.17) is 9.73 Å². The minimum atomic E-state index is 0.00886. The second-order valence-corrected chi connectivity index (χ2v) is 8.83. The van der Waals surface area contributed by atoms with E-state index >= 15 is 0 Å². The van der Waals surface area contributed by atoms with Gasteiger partial charge in [-0.1, -0.05) is 44.2 Å². The van der Waals surface area contributed by atoms with E-state index in [0.29, 0.717) is 0 Å². The van der Waals surface area contributed by atoms with E-state index in [1.807, 2.05) is 0 Å². The average Bonchev–Trinajstić information content (AvgIpc) is 3.27. The van der Waals surface area contributed by atoms with Gasteiger partial charge in [-0.3, -0.25) is 9.89 Å². The number of guanidine groups is 1. The second kappa shape index (κ2) is 9.75. The van der Waals surface area contributed by atoms with Gasteiger partial charge in [0.05, 0.1) is 6.54 Å². The Morgan fingerprint density at radius 1 is 1.11 bits per heavy atom. The van der Waals surface area contributed by atoms with Crippen LogP contribution in [0, 0.1) is 0 Å². The van der Waals surface area contributed by atoms with Crippen LogP contribution in [-0.2, 0) is 10.2 Å². The lowest BCUT2D eigenvalue weighted by Crippen LogP contribution is -2.58. The zero-order valence-electron chi connectivity index (χ0n) is 18.0. The molecule has 2 heterocycles. The molecule has 156 valence electrons. The van der Waals surface area contributed by atoms with Crippen LogP contribution >= 0.6 is 0 Å². The first-order chi connectivity index (χ1) is 13.6. The van der Waals surface area contributed by atoms with Crippen LogP contribution in [0.15, 0.2) is 35.3 Å². The third kappa shape index (κ3) is 5.26. The number of hydrogen-bond acceptors (Lipinski definition) is 3. The van der Waals surface area contributed by atoms with Crippen molar-refractivity contribution in [3.05, 3.63) is 35.9 Å². The number of benzene rings is 1.